The number of hydrogen-bond acceptors (Lipinski definition) is 3. The number of aromatic amines is 1. The molecular weight excluding hydrogens is 296 g/mol. The molecule has 1 N–H and O–H groups in total. The Balaban J connectivity index is 1.57. The molecule has 5 heteroatoms. The second-order valence-corrected chi connectivity index (χ2v) is 6.69. The fourth-order valence-electron chi connectivity index (χ4n) is 3.45. The van der Waals surface area contributed by atoms with E-state index in [1.165, 1.54) is 6.42 Å². The van der Waals surface area contributed by atoms with Crippen LogP contribution in [0.15, 0.2) is 36.5 Å². The lowest BCUT2D eigenvalue weighted by Gasteiger charge is -2.19. The van der Waals surface area contributed by atoms with Crippen molar-refractivity contribution in [3.63, 3.8) is 0 Å². The molecule has 110 valence electrons. The van der Waals surface area contributed by atoms with E-state index in [9.17, 15) is 0 Å². The number of para-hydroxylation sites is 2. The van der Waals surface area contributed by atoms with Crippen LogP contribution < -0.4 is 4.90 Å². The number of aromatic nitrogens is 3. The Morgan fingerprint density at radius 3 is 2.82 bits per heavy atom. The molecule has 0 spiro atoms. The number of halogens is 1. The van der Waals surface area contributed by atoms with Crippen molar-refractivity contribution in [3.8, 4) is 11.4 Å². The third-order valence-corrected chi connectivity index (χ3v) is 5.09. The molecule has 22 heavy (non-hydrogen) atoms. The first-order chi connectivity index (χ1) is 10.8. The molecule has 0 radical (unpaired) electrons. The number of pyridine rings is 1. The monoisotopic (exact) mass is 310 g/mol. The van der Waals surface area contributed by atoms with Crippen LogP contribution in [0.5, 0.6) is 0 Å². The van der Waals surface area contributed by atoms with E-state index in [0.717, 1.165) is 53.2 Å². The summed E-state index contributed by atoms with van der Waals surface area (Å²) in [5, 5.41) is 0.632. The predicted octanol–water partition coefficient (Wildman–Crippen LogP) is 3.73. The maximum atomic E-state index is 6.36. The van der Waals surface area contributed by atoms with E-state index in [0.29, 0.717) is 5.02 Å². The summed E-state index contributed by atoms with van der Waals surface area (Å²) >= 11 is 6.36. The molecule has 1 saturated heterocycles. The molecule has 2 aromatic heterocycles. The van der Waals surface area contributed by atoms with Crippen LogP contribution in [0, 0.1) is 11.8 Å². The maximum Gasteiger partial charge on any atom is 0.140 e. The van der Waals surface area contributed by atoms with Crippen LogP contribution >= 0.6 is 11.6 Å². The van der Waals surface area contributed by atoms with E-state index < -0.39 is 0 Å². The number of H-pyrrole nitrogens is 1. The van der Waals surface area contributed by atoms with E-state index >= 15 is 0 Å². The summed E-state index contributed by atoms with van der Waals surface area (Å²) in [5.41, 5.74) is 2.90. The largest absolute Gasteiger partial charge is 0.356 e. The van der Waals surface area contributed by atoms with E-state index in [1.807, 2.05) is 24.3 Å². The first-order valence-electron chi connectivity index (χ1n) is 7.63. The number of imidazole rings is 1. The molecule has 1 aliphatic heterocycles. The first kappa shape index (κ1) is 12.5. The van der Waals surface area contributed by atoms with Gasteiger partial charge < -0.3 is 9.88 Å². The Morgan fingerprint density at radius 1 is 1.18 bits per heavy atom. The van der Waals surface area contributed by atoms with Gasteiger partial charge in [0.2, 0.25) is 0 Å². The average Bonchev–Trinajstić information content (AvgIpc) is 2.98. The minimum Gasteiger partial charge on any atom is -0.356 e. The molecule has 5 rings (SSSR count). The smallest absolute Gasteiger partial charge is 0.140 e. The van der Waals surface area contributed by atoms with Gasteiger partial charge in [-0.2, -0.15) is 0 Å². The standard InChI is InChI=1S/C17H15ClN4/c18-13-7-19-16(22-8-10-5-11(10)9-22)6-12(13)17-20-14-3-1-2-4-15(14)21-17/h1-4,6-7,10-11H,5,8-9H2,(H,20,21). The Kier molecular flexibility index (Phi) is 2.53. The number of benzene rings is 1. The second kappa shape index (κ2) is 4.46. The van der Waals surface area contributed by atoms with Crippen molar-refractivity contribution in [3.05, 3.63) is 41.6 Å². The summed E-state index contributed by atoms with van der Waals surface area (Å²) in [6.45, 7) is 2.25. The Hall–Kier alpha value is -2.07. The first-order valence-corrected chi connectivity index (χ1v) is 8.01. The lowest BCUT2D eigenvalue weighted by molar-refractivity contribution is 0.805. The van der Waals surface area contributed by atoms with Gasteiger partial charge in [0.25, 0.3) is 0 Å². The number of nitrogens with zero attached hydrogens (tertiary/aromatic N) is 3. The Morgan fingerprint density at radius 2 is 2.00 bits per heavy atom. The van der Waals surface area contributed by atoms with Gasteiger partial charge in [-0.25, -0.2) is 9.97 Å². The van der Waals surface area contributed by atoms with Crippen LogP contribution in [0.1, 0.15) is 6.42 Å². The zero-order chi connectivity index (χ0) is 14.7. The van der Waals surface area contributed by atoms with Gasteiger partial charge in [0.15, 0.2) is 0 Å². The predicted molar refractivity (Wildman–Crippen MR) is 88.1 cm³/mol. The highest BCUT2D eigenvalue weighted by Crippen LogP contribution is 2.46. The molecule has 1 aliphatic carbocycles. The van der Waals surface area contributed by atoms with Crippen LogP contribution in [0.3, 0.4) is 0 Å². The topological polar surface area (TPSA) is 44.8 Å². The molecule has 1 saturated carbocycles. The minimum absolute atomic E-state index is 0.632. The number of piperidine rings is 1. The van der Waals surface area contributed by atoms with E-state index in [2.05, 4.69) is 25.9 Å². The van der Waals surface area contributed by atoms with Crippen LogP contribution in [0.25, 0.3) is 22.4 Å². The molecule has 0 amide bonds. The molecule has 2 aliphatic rings. The number of anilines is 1. The van der Waals surface area contributed by atoms with Gasteiger partial charge >= 0.3 is 0 Å². The van der Waals surface area contributed by atoms with Gasteiger partial charge in [-0.15, -0.1) is 0 Å². The molecule has 1 aromatic carbocycles. The Bertz CT molecular complexity index is 829. The fraction of sp³-hybridized carbons (Fsp3) is 0.294. The third kappa shape index (κ3) is 1.91. The zero-order valence-corrected chi connectivity index (χ0v) is 12.7. The van der Waals surface area contributed by atoms with E-state index in [-0.39, 0.29) is 0 Å². The molecule has 4 nitrogen and oxygen atoms in total. The lowest BCUT2D eigenvalue weighted by atomic mass is 10.2. The van der Waals surface area contributed by atoms with Crippen molar-refractivity contribution < 1.29 is 0 Å². The average molecular weight is 311 g/mol. The van der Waals surface area contributed by atoms with Gasteiger partial charge in [0.1, 0.15) is 11.6 Å². The molecule has 2 atom stereocenters. The molecular formula is C17H15ClN4. The van der Waals surface area contributed by atoms with Gasteiger partial charge in [-0.3, -0.25) is 0 Å². The van der Waals surface area contributed by atoms with Gasteiger partial charge in [-0.1, -0.05) is 23.7 Å². The van der Waals surface area contributed by atoms with Gasteiger partial charge in [0.05, 0.1) is 16.1 Å². The van der Waals surface area contributed by atoms with Crippen LogP contribution in [-0.4, -0.2) is 28.0 Å². The van der Waals surface area contributed by atoms with Crippen molar-refractivity contribution in [1.29, 1.82) is 0 Å². The summed E-state index contributed by atoms with van der Waals surface area (Å²) in [6.07, 6.45) is 3.13. The maximum absolute atomic E-state index is 6.36. The summed E-state index contributed by atoms with van der Waals surface area (Å²) in [6, 6.07) is 10.1. The summed E-state index contributed by atoms with van der Waals surface area (Å²) in [5.74, 6) is 3.57. The molecule has 3 aromatic rings. The zero-order valence-electron chi connectivity index (χ0n) is 12.0. The highest BCUT2D eigenvalue weighted by molar-refractivity contribution is 6.33. The van der Waals surface area contributed by atoms with Crippen molar-refractivity contribution in [2.45, 2.75) is 6.42 Å². The number of fused-ring (bicyclic) bond motifs is 2. The quantitative estimate of drug-likeness (QED) is 0.784. The molecule has 0 bridgehead atoms. The highest BCUT2D eigenvalue weighted by Gasteiger charge is 2.45. The van der Waals surface area contributed by atoms with Crippen molar-refractivity contribution in [2.24, 2.45) is 11.8 Å². The van der Waals surface area contributed by atoms with Gasteiger partial charge in [0, 0.05) is 24.8 Å². The Labute approximate surface area is 133 Å². The van der Waals surface area contributed by atoms with Crippen molar-refractivity contribution in [1.82, 2.24) is 15.0 Å². The SMILES string of the molecule is Clc1cnc(N2CC3CC3C2)cc1-c1nc2ccccc2[nH]1. The minimum atomic E-state index is 0.632. The van der Waals surface area contributed by atoms with Crippen molar-refractivity contribution >= 4 is 28.5 Å². The third-order valence-electron chi connectivity index (χ3n) is 4.79. The van der Waals surface area contributed by atoms with Crippen LogP contribution in [0.4, 0.5) is 5.82 Å². The lowest BCUT2D eigenvalue weighted by Crippen LogP contribution is -2.22. The molecule has 3 heterocycles. The molecule has 2 unspecified atom stereocenters. The fourth-order valence-corrected chi connectivity index (χ4v) is 3.64. The normalized spacial score (nSPS) is 23.0. The van der Waals surface area contributed by atoms with Crippen LogP contribution in [-0.2, 0) is 0 Å². The molecule has 2 fully saturated rings. The van der Waals surface area contributed by atoms with E-state index in [4.69, 9.17) is 11.6 Å². The van der Waals surface area contributed by atoms with Gasteiger partial charge in [-0.05, 0) is 36.5 Å². The number of rotatable bonds is 2. The number of hydrogen-bond donors (Lipinski definition) is 1. The number of nitrogens with one attached hydrogen (secondary N) is 1. The summed E-state index contributed by atoms with van der Waals surface area (Å²) in [4.78, 5) is 14.9. The van der Waals surface area contributed by atoms with Crippen LogP contribution in [0.2, 0.25) is 5.02 Å². The summed E-state index contributed by atoms with van der Waals surface area (Å²) < 4.78 is 0. The summed E-state index contributed by atoms with van der Waals surface area (Å²) in [7, 11) is 0. The van der Waals surface area contributed by atoms with Crippen molar-refractivity contribution in [2.75, 3.05) is 18.0 Å². The highest BCUT2D eigenvalue weighted by atomic mass is 35.5. The van der Waals surface area contributed by atoms with E-state index in [1.54, 1.807) is 6.20 Å². The second-order valence-electron chi connectivity index (χ2n) is 6.29.